The summed E-state index contributed by atoms with van der Waals surface area (Å²) in [7, 11) is -3.56. The summed E-state index contributed by atoms with van der Waals surface area (Å²) in [6, 6.07) is 8.55. The van der Waals surface area contributed by atoms with Crippen molar-refractivity contribution in [1.82, 2.24) is 10.2 Å². The number of alkyl halides is 3. The number of ether oxygens (including phenoxy) is 1. The average Bonchev–Trinajstić information content (AvgIpc) is 3.26. The first-order valence-corrected chi connectivity index (χ1v) is 13.4. The summed E-state index contributed by atoms with van der Waals surface area (Å²) in [4.78, 5) is 28.1. The Labute approximate surface area is 212 Å². The van der Waals surface area contributed by atoms with Crippen molar-refractivity contribution in [1.29, 1.82) is 0 Å². The van der Waals surface area contributed by atoms with Crippen LogP contribution in [0.15, 0.2) is 53.4 Å². The molecule has 0 unspecified atom stereocenters. The number of amides is 2. The molecule has 7 nitrogen and oxygen atoms in total. The van der Waals surface area contributed by atoms with Gasteiger partial charge in [-0.25, -0.2) is 8.42 Å². The van der Waals surface area contributed by atoms with Crippen molar-refractivity contribution in [3.8, 4) is 12.3 Å². The molecule has 2 aliphatic heterocycles. The van der Waals surface area contributed by atoms with Crippen LogP contribution in [0.3, 0.4) is 0 Å². The molecule has 0 spiro atoms. The number of halogens is 3. The number of nitrogens with zero attached hydrogens (tertiary/aromatic N) is 1. The molecule has 0 bridgehead atoms. The zero-order valence-corrected chi connectivity index (χ0v) is 20.7. The number of benzene rings is 2. The van der Waals surface area contributed by atoms with Gasteiger partial charge in [0.1, 0.15) is 6.04 Å². The first-order chi connectivity index (χ1) is 17.4. The summed E-state index contributed by atoms with van der Waals surface area (Å²) in [5.41, 5.74) is -0.211. The van der Waals surface area contributed by atoms with E-state index in [9.17, 15) is 31.2 Å². The molecule has 0 radical (unpaired) electrons. The Hall–Kier alpha value is -3.36. The normalized spacial score (nSPS) is 21.1. The molecule has 11 heteroatoms. The summed E-state index contributed by atoms with van der Waals surface area (Å²) in [5, 5.41) is 2.89. The molecule has 196 valence electrons. The molecule has 2 fully saturated rings. The maximum absolute atomic E-state index is 13.4. The predicted octanol–water partition coefficient (Wildman–Crippen LogP) is 3.08. The number of rotatable bonds is 6. The highest BCUT2D eigenvalue weighted by Crippen LogP contribution is 2.34. The number of carbonyl (C=O) groups excluding carboxylic acids is 2. The van der Waals surface area contributed by atoms with E-state index >= 15 is 0 Å². The van der Waals surface area contributed by atoms with E-state index in [1.165, 1.54) is 41.3 Å². The highest BCUT2D eigenvalue weighted by atomic mass is 32.2. The topological polar surface area (TPSA) is 92.8 Å². The number of likely N-dealkylation sites (tertiary alicyclic amines) is 1. The lowest BCUT2D eigenvalue weighted by molar-refractivity contribution is -0.137. The van der Waals surface area contributed by atoms with Crippen LogP contribution < -0.4 is 5.32 Å². The molecule has 2 aromatic carbocycles. The van der Waals surface area contributed by atoms with Crippen LogP contribution >= 0.6 is 0 Å². The fraction of sp³-hybridized carbons (Fsp3) is 0.385. The highest BCUT2D eigenvalue weighted by molar-refractivity contribution is 7.90. The van der Waals surface area contributed by atoms with Gasteiger partial charge in [-0.2, -0.15) is 13.2 Å². The van der Waals surface area contributed by atoms with Crippen molar-refractivity contribution < 1.29 is 35.9 Å². The highest BCUT2D eigenvalue weighted by Gasteiger charge is 2.41. The molecule has 0 saturated carbocycles. The molecule has 2 amide bonds. The summed E-state index contributed by atoms with van der Waals surface area (Å²) >= 11 is 0. The molecule has 4 rings (SSSR count). The van der Waals surface area contributed by atoms with E-state index in [1.54, 1.807) is 0 Å². The molecule has 3 atom stereocenters. The predicted molar refractivity (Wildman–Crippen MR) is 128 cm³/mol. The van der Waals surface area contributed by atoms with Gasteiger partial charge in [0, 0.05) is 30.2 Å². The third-order valence-corrected chi connectivity index (χ3v) is 7.75. The van der Waals surface area contributed by atoms with Gasteiger partial charge in [-0.1, -0.05) is 18.2 Å². The van der Waals surface area contributed by atoms with E-state index < -0.39 is 51.4 Å². The Bertz CT molecular complexity index is 1330. The van der Waals surface area contributed by atoms with Crippen LogP contribution in [-0.4, -0.2) is 57.2 Å². The first-order valence-electron chi connectivity index (χ1n) is 11.5. The molecule has 2 aromatic rings. The number of sulfone groups is 1. The van der Waals surface area contributed by atoms with Gasteiger partial charge in [-0.05, 0) is 42.3 Å². The Balaban J connectivity index is 1.58. The maximum atomic E-state index is 13.4. The van der Waals surface area contributed by atoms with E-state index in [4.69, 9.17) is 11.2 Å². The van der Waals surface area contributed by atoms with Crippen LogP contribution in [0.5, 0.6) is 0 Å². The Morgan fingerprint density at radius 3 is 2.38 bits per heavy atom. The Morgan fingerprint density at radius 1 is 1.16 bits per heavy atom. The van der Waals surface area contributed by atoms with Gasteiger partial charge >= 0.3 is 6.18 Å². The minimum atomic E-state index is -4.49. The second-order valence-electron chi connectivity index (χ2n) is 9.28. The third kappa shape index (κ3) is 5.81. The standard InChI is InChI=1S/C26H25F3N2O5S/c1-3-16-11-22(31(13-16)25(33)18-5-4-6-21(12-18)37(2,34)35)24(32)30-23(19-14-36-15-19)17-7-9-20(10-8-17)26(27,28)29/h1,4-10,12,16,19,22-23H,11,13-15H2,2H3,(H,30,32)/t16-,22-,23+/m1/s1. The Morgan fingerprint density at radius 2 is 1.84 bits per heavy atom. The van der Waals surface area contributed by atoms with Crippen LogP contribution in [0, 0.1) is 24.2 Å². The van der Waals surface area contributed by atoms with E-state index in [1.807, 2.05) is 0 Å². The van der Waals surface area contributed by atoms with Crippen LogP contribution in [-0.2, 0) is 25.5 Å². The number of carbonyl (C=O) groups is 2. The van der Waals surface area contributed by atoms with Crippen molar-refractivity contribution in [2.24, 2.45) is 11.8 Å². The summed E-state index contributed by atoms with van der Waals surface area (Å²) in [6.45, 7) is 0.753. The lowest BCUT2D eigenvalue weighted by Crippen LogP contribution is -2.50. The van der Waals surface area contributed by atoms with Gasteiger partial charge in [0.15, 0.2) is 9.84 Å². The molecule has 1 N–H and O–H groups in total. The second-order valence-corrected chi connectivity index (χ2v) is 11.3. The molecule has 0 aromatic heterocycles. The molecule has 2 saturated heterocycles. The SMILES string of the molecule is C#C[C@@H]1C[C@H](C(=O)N[C@@H](c2ccc(C(F)(F)F)cc2)C2COC2)N(C(=O)c2cccc(S(C)(=O)=O)c2)C1. The van der Waals surface area contributed by atoms with Gasteiger partial charge in [0.05, 0.1) is 29.7 Å². The zero-order valence-electron chi connectivity index (χ0n) is 19.9. The van der Waals surface area contributed by atoms with Crippen LogP contribution in [0.2, 0.25) is 0 Å². The van der Waals surface area contributed by atoms with E-state index in [0.29, 0.717) is 18.8 Å². The van der Waals surface area contributed by atoms with Crippen molar-refractivity contribution >= 4 is 21.7 Å². The third-order valence-electron chi connectivity index (χ3n) is 6.64. The number of hydrogen-bond donors (Lipinski definition) is 1. The zero-order chi connectivity index (χ0) is 27.0. The first kappa shape index (κ1) is 26.7. The number of hydrogen-bond acceptors (Lipinski definition) is 5. The van der Waals surface area contributed by atoms with Crippen molar-refractivity contribution in [2.45, 2.75) is 29.6 Å². The fourth-order valence-corrected chi connectivity index (χ4v) is 5.17. The number of terminal acetylenes is 1. The summed E-state index contributed by atoms with van der Waals surface area (Å²) < 4.78 is 68.2. The lowest BCUT2D eigenvalue weighted by Gasteiger charge is -2.36. The van der Waals surface area contributed by atoms with Gasteiger partial charge < -0.3 is 15.0 Å². The molecule has 2 aliphatic rings. The van der Waals surface area contributed by atoms with Crippen molar-refractivity contribution in [3.05, 3.63) is 65.2 Å². The van der Waals surface area contributed by atoms with Gasteiger partial charge in [-0.3, -0.25) is 9.59 Å². The molecule has 2 heterocycles. The Kier molecular flexibility index (Phi) is 7.35. The van der Waals surface area contributed by atoms with Crippen LogP contribution in [0.1, 0.15) is 33.9 Å². The summed E-state index contributed by atoms with van der Waals surface area (Å²) in [5.74, 6) is 0.991. The minimum Gasteiger partial charge on any atom is -0.381 e. The van der Waals surface area contributed by atoms with Crippen molar-refractivity contribution in [3.63, 3.8) is 0 Å². The quantitative estimate of drug-likeness (QED) is 0.576. The molecular formula is C26H25F3N2O5S. The maximum Gasteiger partial charge on any atom is 0.416 e. The van der Waals surface area contributed by atoms with E-state index in [2.05, 4.69) is 11.2 Å². The fourth-order valence-electron chi connectivity index (χ4n) is 4.50. The monoisotopic (exact) mass is 534 g/mol. The molecular weight excluding hydrogens is 509 g/mol. The van der Waals surface area contributed by atoms with Crippen LogP contribution in [0.25, 0.3) is 0 Å². The smallest absolute Gasteiger partial charge is 0.381 e. The number of nitrogens with one attached hydrogen (secondary N) is 1. The molecule has 0 aliphatic carbocycles. The lowest BCUT2D eigenvalue weighted by atomic mass is 9.90. The van der Waals surface area contributed by atoms with Crippen molar-refractivity contribution in [2.75, 3.05) is 26.0 Å². The second kappa shape index (κ2) is 10.2. The van der Waals surface area contributed by atoms with E-state index in [0.717, 1.165) is 18.4 Å². The van der Waals surface area contributed by atoms with Gasteiger partial charge in [0.25, 0.3) is 5.91 Å². The largest absolute Gasteiger partial charge is 0.416 e. The average molecular weight is 535 g/mol. The van der Waals surface area contributed by atoms with Gasteiger partial charge in [-0.15, -0.1) is 12.3 Å². The summed E-state index contributed by atoms with van der Waals surface area (Å²) in [6.07, 6.45) is 2.33. The van der Waals surface area contributed by atoms with Gasteiger partial charge in [0.2, 0.25) is 5.91 Å². The minimum absolute atomic E-state index is 0.0283. The van der Waals surface area contributed by atoms with E-state index in [-0.39, 0.29) is 29.3 Å². The molecule has 37 heavy (non-hydrogen) atoms. The van der Waals surface area contributed by atoms with Crippen LogP contribution in [0.4, 0.5) is 13.2 Å².